The van der Waals surface area contributed by atoms with Crippen molar-refractivity contribution in [3.8, 4) is 0 Å². The lowest BCUT2D eigenvalue weighted by atomic mass is 9.89. The highest BCUT2D eigenvalue weighted by Crippen LogP contribution is 2.28. The third-order valence-corrected chi connectivity index (χ3v) is 4.26. The standard InChI is InChI=1S/C14H20FNS/c1-16(11-12-5-3-2-4-6-12)17-14-9-7-13(15)8-10-14/h7-10,12H,2-6,11H2,1H3. The average molecular weight is 253 g/mol. The highest BCUT2D eigenvalue weighted by molar-refractivity contribution is 7.97. The van der Waals surface area contributed by atoms with Gasteiger partial charge in [-0.05, 0) is 62.0 Å². The van der Waals surface area contributed by atoms with Crippen LogP contribution in [0.15, 0.2) is 29.2 Å². The minimum atomic E-state index is -0.163. The quantitative estimate of drug-likeness (QED) is 0.734. The van der Waals surface area contributed by atoms with E-state index < -0.39 is 0 Å². The maximum absolute atomic E-state index is 12.8. The molecule has 0 aromatic heterocycles. The SMILES string of the molecule is CN(CC1CCCCC1)Sc1ccc(F)cc1. The highest BCUT2D eigenvalue weighted by Gasteiger charge is 2.15. The molecule has 1 aromatic carbocycles. The van der Waals surface area contributed by atoms with E-state index in [-0.39, 0.29) is 5.82 Å². The van der Waals surface area contributed by atoms with Gasteiger partial charge in [-0.25, -0.2) is 8.70 Å². The molecule has 0 radical (unpaired) electrons. The lowest BCUT2D eigenvalue weighted by Crippen LogP contribution is -2.21. The molecule has 0 bridgehead atoms. The molecule has 1 nitrogen and oxygen atoms in total. The molecular weight excluding hydrogens is 233 g/mol. The van der Waals surface area contributed by atoms with E-state index in [4.69, 9.17) is 0 Å². The monoisotopic (exact) mass is 253 g/mol. The zero-order valence-electron chi connectivity index (χ0n) is 10.4. The maximum Gasteiger partial charge on any atom is 0.123 e. The van der Waals surface area contributed by atoms with E-state index in [1.54, 1.807) is 11.9 Å². The number of nitrogens with zero attached hydrogens (tertiary/aromatic N) is 1. The zero-order valence-corrected chi connectivity index (χ0v) is 11.2. The van der Waals surface area contributed by atoms with Crippen LogP contribution < -0.4 is 0 Å². The topological polar surface area (TPSA) is 3.24 Å². The predicted molar refractivity (Wildman–Crippen MR) is 71.5 cm³/mol. The summed E-state index contributed by atoms with van der Waals surface area (Å²) in [5, 5.41) is 0. The summed E-state index contributed by atoms with van der Waals surface area (Å²) in [6, 6.07) is 6.74. The Labute approximate surface area is 108 Å². The largest absolute Gasteiger partial charge is 0.249 e. The number of rotatable bonds is 4. The van der Waals surface area contributed by atoms with Gasteiger partial charge in [0.25, 0.3) is 0 Å². The van der Waals surface area contributed by atoms with Crippen molar-refractivity contribution in [3.63, 3.8) is 0 Å². The van der Waals surface area contributed by atoms with Crippen molar-refractivity contribution in [1.29, 1.82) is 0 Å². The third-order valence-electron chi connectivity index (χ3n) is 3.31. The summed E-state index contributed by atoms with van der Waals surface area (Å²) < 4.78 is 15.1. The first-order valence-electron chi connectivity index (χ1n) is 6.39. The van der Waals surface area contributed by atoms with Crippen molar-refractivity contribution in [3.05, 3.63) is 30.1 Å². The summed E-state index contributed by atoms with van der Waals surface area (Å²) in [6.07, 6.45) is 6.92. The van der Waals surface area contributed by atoms with Crippen LogP contribution in [0.4, 0.5) is 4.39 Å². The van der Waals surface area contributed by atoms with Gasteiger partial charge in [0.2, 0.25) is 0 Å². The van der Waals surface area contributed by atoms with E-state index in [0.29, 0.717) is 0 Å². The van der Waals surface area contributed by atoms with Gasteiger partial charge in [0.1, 0.15) is 5.82 Å². The number of hydrogen-bond acceptors (Lipinski definition) is 2. The minimum absolute atomic E-state index is 0.163. The summed E-state index contributed by atoms with van der Waals surface area (Å²) in [5.41, 5.74) is 0. The molecule has 0 N–H and O–H groups in total. The fourth-order valence-electron chi connectivity index (χ4n) is 2.45. The molecule has 1 aliphatic carbocycles. The van der Waals surface area contributed by atoms with Crippen molar-refractivity contribution in [2.75, 3.05) is 13.6 Å². The third kappa shape index (κ3) is 4.32. The van der Waals surface area contributed by atoms with Crippen molar-refractivity contribution in [2.45, 2.75) is 37.0 Å². The maximum atomic E-state index is 12.8. The fraction of sp³-hybridized carbons (Fsp3) is 0.571. The van der Waals surface area contributed by atoms with Gasteiger partial charge in [0.15, 0.2) is 0 Å². The van der Waals surface area contributed by atoms with Crippen LogP contribution in [0.1, 0.15) is 32.1 Å². The first kappa shape index (κ1) is 12.9. The van der Waals surface area contributed by atoms with E-state index in [1.807, 2.05) is 12.1 Å². The van der Waals surface area contributed by atoms with Gasteiger partial charge in [-0.1, -0.05) is 19.3 Å². The molecule has 0 atom stereocenters. The van der Waals surface area contributed by atoms with Crippen LogP contribution in [0.5, 0.6) is 0 Å². The first-order chi connectivity index (χ1) is 8.24. The van der Waals surface area contributed by atoms with E-state index in [0.717, 1.165) is 17.4 Å². The Bertz CT molecular complexity index is 333. The van der Waals surface area contributed by atoms with Crippen LogP contribution in [-0.4, -0.2) is 17.9 Å². The van der Waals surface area contributed by atoms with Crippen LogP contribution in [0.2, 0.25) is 0 Å². The van der Waals surface area contributed by atoms with Gasteiger partial charge in [0.05, 0.1) is 0 Å². The van der Waals surface area contributed by atoms with Crippen LogP contribution in [0, 0.1) is 11.7 Å². The van der Waals surface area contributed by atoms with Gasteiger partial charge in [-0.2, -0.15) is 0 Å². The molecule has 3 heteroatoms. The van der Waals surface area contributed by atoms with Crippen LogP contribution >= 0.6 is 11.9 Å². The van der Waals surface area contributed by atoms with Gasteiger partial charge < -0.3 is 0 Å². The van der Waals surface area contributed by atoms with Crippen molar-refractivity contribution < 1.29 is 4.39 Å². The lowest BCUT2D eigenvalue weighted by molar-refractivity contribution is 0.311. The molecule has 1 fully saturated rings. The summed E-state index contributed by atoms with van der Waals surface area (Å²) in [4.78, 5) is 1.12. The van der Waals surface area contributed by atoms with Gasteiger partial charge in [0, 0.05) is 11.4 Å². The molecular formula is C14H20FNS. The van der Waals surface area contributed by atoms with Gasteiger partial charge in [-0.15, -0.1) is 0 Å². The second kappa shape index (κ2) is 6.41. The molecule has 1 aliphatic rings. The fourth-order valence-corrected chi connectivity index (χ4v) is 3.35. The normalized spacial score (nSPS) is 17.6. The molecule has 0 spiro atoms. The van der Waals surface area contributed by atoms with Crippen molar-refractivity contribution in [1.82, 2.24) is 4.31 Å². The Balaban J connectivity index is 1.79. The Hall–Kier alpha value is -0.540. The van der Waals surface area contributed by atoms with Gasteiger partial charge in [-0.3, -0.25) is 0 Å². The predicted octanol–water partition coefficient (Wildman–Crippen LogP) is 4.34. The molecule has 0 aliphatic heterocycles. The Kier molecular flexibility index (Phi) is 4.86. The molecule has 94 valence electrons. The molecule has 17 heavy (non-hydrogen) atoms. The summed E-state index contributed by atoms with van der Waals surface area (Å²) in [7, 11) is 2.13. The second-order valence-electron chi connectivity index (χ2n) is 4.86. The number of benzene rings is 1. The molecule has 1 aromatic rings. The van der Waals surface area contributed by atoms with Crippen LogP contribution in [0.25, 0.3) is 0 Å². The minimum Gasteiger partial charge on any atom is -0.249 e. The van der Waals surface area contributed by atoms with E-state index in [2.05, 4.69) is 11.4 Å². The summed E-state index contributed by atoms with van der Waals surface area (Å²) in [6.45, 7) is 1.14. The zero-order chi connectivity index (χ0) is 12.1. The molecule has 0 saturated heterocycles. The molecule has 1 saturated carbocycles. The lowest BCUT2D eigenvalue weighted by Gasteiger charge is -2.26. The summed E-state index contributed by atoms with van der Waals surface area (Å²) in [5.74, 6) is 0.686. The average Bonchev–Trinajstić information content (AvgIpc) is 2.33. The Morgan fingerprint density at radius 2 is 1.82 bits per heavy atom. The van der Waals surface area contributed by atoms with Crippen LogP contribution in [-0.2, 0) is 0 Å². The summed E-state index contributed by atoms with van der Waals surface area (Å²) >= 11 is 1.71. The molecule has 2 rings (SSSR count). The van der Waals surface area contributed by atoms with E-state index in [9.17, 15) is 4.39 Å². The second-order valence-corrected chi connectivity index (χ2v) is 6.14. The number of hydrogen-bond donors (Lipinski definition) is 0. The van der Waals surface area contributed by atoms with Gasteiger partial charge >= 0.3 is 0 Å². The molecule has 0 heterocycles. The molecule has 0 unspecified atom stereocenters. The number of halogens is 1. The highest BCUT2D eigenvalue weighted by atomic mass is 32.2. The Morgan fingerprint density at radius 1 is 1.18 bits per heavy atom. The Morgan fingerprint density at radius 3 is 2.47 bits per heavy atom. The first-order valence-corrected chi connectivity index (χ1v) is 7.16. The van der Waals surface area contributed by atoms with Crippen molar-refractivity contribution in [2.24, 2.45) is 5.92 Å². The van der Waals surface area contributed by atoms with E-state index in [1.165, 1.54) is 44.2 Å². The van der Waals surface area contributed by atoms with Crippen molar-refractivity contribution >= 4 is 11.9 Å². The van der Waals surface area contributed by atoms with E-state index >= 15 is 0 Å². The van der Waals surface area contributed by atoms with Crippen LogP contribution in [0.3, 0.4) is 0 Å². The smallest absolute Gasteiger partial charge is 0.123 e. The molecule has 0 amide bonds.